The monoisotopic (exact) mass is 444 g/mol. The Hall–Kier alpha value is -3.29. The maximum absolute atomic E-state index is 12.7. The SMILES string of the molecule is CCc1cccc(C)c1Nc1cc(-c2cccc(OC(F)(F)F)c2)nc(N[C@@H](C)CC)n1. The van der Waals surface area contributed by atoms with E-state index in [0.717, 1.165) is 29.7 Å². The average molecular weight is 445 g/mol. The minimum atomic E-state index is -4.76. The summed E-state index contributed by atoms with van der Waals surface area (Å²) in [5, 5.41) is 6.63. The van der Waals surface area contributed by atoms with Crippen LogP contribution in [-0.2, 0) is 6.42 Å². The van der Waals surface area contributed by atoms with Crippen LogP contribution in [0.15, 0.2) is 48.5 Å². The molecule has 0 unspecified atom stereocenters. The van der Waals surface area contributed by atoms with Crippen molar-refractivity contribution in [2.45, 2.75) is 52.9 Å². The van der Waals surface area contributed by atoms with E-state index in [-0.39, 0.29) is 11.8 Å². The number of nitrogens with zero attached hydrogens (tertiary/aromatic N) is 2. The van der Waals surface area contributed by atoms with Crippen LogP contribution >= 0.6 is 0 Å². The summed E-state index contributed by atoms with van der Waals surface area (Å²) >= 11 is 0. The van der Waals surface area contributed by atoms with Gasteiger partial charge in [-0.15, -0.1) is 13.2 Å². The maximum Gasteiger partial charge on any atom is 0.573 e. The molecular weight excluding hydrogens is 417 g/mol. The number of nitrogens with one attached hydrogen (secondary N) is 2. The first-order valence-corrected chi connectivity index (χ1v) is 10.6. The van der Waals surface area contributed by atoms with E-state index in [0.29, 0.717) is 23.0 Å². The second kappa shape index (κ2) is 9.89. The molecule has 0 spiro atoms. The van der Waals surface area contributed by atoms with Crippen molar-refractivity contribution in [3.8, 4) is 17.0 Å². The Morgan fingerprint density at radius 1 is 1.03 bits per heavy atom. The number of anilines is 3. The van der Waals surface area contributed by atoms with Gasteiger partial charge in [0, 0.05) is 23.4 Å². The number of halogens is 3. The summed E-state index contributed by atoms with van der Waals surface area (Å²) in [5.41, 5.74) is 4.14. The van der Waals surface area contributed by atoms with Gasteiger partial charge in [0.25, 0.3) is 0 Å². The fraction of sp³-hybridized carbons (Fsp3) is 0.333. The molecule has 0 aliphatic heterocycles. The van der Waals surface area contributed by atoms with E-state index in [1.165, 1.54) is 18.2 Å². The lowest BCUT2D eigenvalue weighted by molar-refractivity contribution is -0.274. The average Bonchev–Trinajstić information content (AvgIpc) is 2.74. The lowest BCUT2D eigenvalue weighted by Gasteiger charge is -2.17. The quantitative estimate of drug-likeness (QED) is 0.397. The number of hydrogen-bond acceptors (Lipinski definition) is 5. The van der Waals surface area contributed by atoms with Gasteiger partial charge in [-0.05, 0) is 49.9 Å². The van der Waals surface area contributed by atoms with Crippen molar-refractivity contribution in [1.29, 1.82) is 0 Å². The number of aryl methyl sites for hydroxylation is 2. The molecule has 2 N–H and O–H groups in total. The molecule has 3 aromatic rings. The number of aromatic nitrogens is 2. The molecule has 170 valence electrons. The van der Waals surface area contributed by atoms with E-state index in [1.807, 2.05) is 39.0 Å². The predicted molar refractivity (Wildman–Crippen MR) is 121 cm³/mol. The van der Waals surface area contributed by atoms with Crippen LogP contribution in [0, 0.1) is 6.92 Å². The Morgan fingerprint density at radius 3 is 2.47 bits per heavy atom. The Kier molecular flexibility index (Phi) is 7.22. The van der Waals surface area contributed by atoms with E-state index >= 15 is 0 Å². The topological polar surface area (TPSA) is 59.1 Å². The van der Waals surface area contributed by atoms with Crippen molar-refractivity contribution in [1.82, 2.24) is 9.97 Å². The molecule has 8 heteroatoms. The highest BCUT2D eigenvalue weighted by Gasteiger charge is 2.31. The second-order valence-corrected chi connectivity index (χ2v) is 7.58. The fourth-order valence-corrected chi connectivity index (χ4v) is 3.23. The van der Waals surface area contributed by atoms with Gasteiger partial charge >= 0.3 is 6.36 Å². The van der Waals surface area contributed by atoms with Crippen LogP contribution in [0.25, 0.3) is 11.3 Å². The lowest BCUT2D eigenvalue weighted by Crippen LogP contribution is -2.17. The minimum absolute atomic E-state index is 0.127. The summed E-state index contributed by atoms with van der Waals surface area (Å²) < 4.78 is 42.1. The minimum Gasteiger partial charge on any atom is -0.406 e. The van der Waals surface area contributed by atoms with Crippen LogP contribution in [-0.4, -0.2) is 22.4 Å². The zero-order valence-electron chi connectivity index (χ0n) is 18.5. The molecule has 0 saturated carbocycles. The first-order chi connectivity index (χ1) is 15.2. The van der Waals surface area contributed by atoms with Gasteiger partial charge in [0.2, 0.25) is 5.95 Å². The van der Waals surface area contributed by atoms with Gasteiger partial charge in [0.15, 0.2) is 0 Å². The van der Waals surface area contributed by atoms with E-state index < -0.39 is 6.36 Å². The highest BCUT2D eigenvalue weighted by atomic mass is 19.4. The smallest absolute Gasteiger partial charge is 0.406 e. The largest absolute Gasteiger partial charge is 0.573 e. The third kappa shape index (κ3) is 6.12. The molecule has 0 fully saturated rings. The first-order valence-electron chi connectivity index (χ1n) is 10.6. The van der Waals surface area contributed by atoms with E-state index in [2.05, 4.69) is 32.3 Å². The molecule has 0 bridgehead atoms. The number of para-hydroxylation sites is 1. The molecule has 3 rings (SSSR count). The molecule has 0 aliphatic rings. The van der Waals surface area contributed by atoms with Crippen molar-refractivity contribution in [3.63, 3.8) is 0 Å². The van der Waals surface area contributed by atoms with Gasteiger partial charge < -0.3 is 15.4 Å². The van der Waals surface area contributed by atoms with Crippen LogP contribution in [0.2, 0.25) is 0 Å². The van der Waals surface area contributed by atoms with Crippen molar-refractivity contribution in [3.05, 3.63) is 59.7 Å². The highest BCUT2D eigenvalue weighted by molar-refractivity contribution is 5.71. The van der Waals surface area contributed by atoms with Gasteiger partial charge in [0.1, 0.15) is 11.6 Å². The van der Waals surface area contributed by atoms with Gasteiger partial charge in [-0.25, -0.2) is 4.98 Å². The Balaban J connectivity index is 2.04. The van der Waals surface area contributed by atoms with Crippen molar-refractivity contribution in [2.24, 2.45) is 0 Å². The Labute approximate surface area is 186 Å². The number of rotatable bonds is 8. The summed E-state index contributed by atoms with van der Waals surface area (Å²) in [5.74, 6) is 0.645. The number of hydrogen-bond donors (Lipinski definition) is 2. The molecule has 0 amide bonds. The Morgan fingerprint density at radius 2 is 1.78 bits per heavy atom. The predicted octanol–water partition coefficient (Wildman–Crippen LogP) is 6.87. The van der Waals surface area contributed by atoms with Crippen LogP contribution in [0.4, 0.5) is 30.6 Å². The van der Waals surface area contributed by atoms with Crippen molar-refractivity contribution < 1.29 is 17.9 Å². The molecule has 0 saturated heterocycles. The summed E-state index contributed by atoms with van der Waals surface area (Å²) in [6, 6.07) is 13.7. The zero-order chi connectivity index (χ0) is 23.3. The Bertz CT molecular complexity index is 1070. The number of benzene rings is 2. The van der Waals surface area contributed by atoms with E-state index in [9.17, 15) is 13.2 Å². The van der Waals surface area contributed by atoms with Crippen molar-refractivity contribution >= 4 is 17.5 Å². The molecule has 32 heavy (non-hydrogen) atoms. The number of ether oxygens (including phenoxy) is 1. The third-order valence-electron chi connectivity index (χ3n) is 5.07. The molecular formula is C24H27F3N4O. The van der Waals surface area contributed by atoms with Crippen LogP contribution in [0.5, 0.6) is 5.75 Å². The van der Waals surface area contributed by atoms with Crippen LogP contribution < -0.4 is 15.4 Å². The van der Waals surface area contributed by atoms with Gasteiger partial charge in [-0.2, -0.15) is 4.98 Å². The highest BCUT2D eigenvalue weighted by Crippen LogP contribution is 2.31. The lowest BCUT2D eigenvalue weighted by atomic mass is 10.1. The third-order valence-corrected chi connectivity index (χ3v) is 5.07. The maximum atomic E-state index is 12.7. The normalized spacial score (nSPS) is 12.3. The molecule has 5 nitrogen and oxygen atoms in total. The summed E-state index contributed by atoms with van der Waals surface area (Å²) in [4.78, 5) is 9.13. The standard InChI is InChI=1S/C24H27F3N4O/c1-5-16(4)28-23-29-20(18-11-8-12-19(13-18)32-24(25,26)27)14-21(31-23)30-22-15(3)9-7-10-17(22)6-2/h7-14,16H,5-6H2,1-4H3,(H2,28,29,30,31)/t16-/m0/s1. The molecule has 2 aromatic carbocycles. The summed E-state index contributed by atoms with van der Waals surface area (Å²) in [6.07, 6.45) is -3.05. The molecule has 0 aliphatic carbocycles. The molecule has 1 aromatic heterocycles. The first kappa shape index (κ1) is 23.4. The second-order valence-electron chi connectivity index (χ2n) is 7.58. The van der Waals surface area contributed by atoms with Gasteiger partial charge in [-0.3, -0.25) is 0 Å². The molecule has 1 heterocycles. The van der Waals surface area contributed by atoms with E-state index in [1.54, 1.807) is 12.1 Å². The van der Waals surface area contributed by atoms with Gasteiger partial charge in [-0.1, -0.05) is 44.2 Å². The van der Waals surface area contributed by atoms with Crippen LogP contribution in [0.1, 0.15) is 38.3 Å². The van der Waals surface area contributed by atoms with Gasteiger partial charge in [0.05, 0.1) is 5.69 Å². The fourth-order valence-electron chi connectivity index (χ4n) is 3.23. The summed E-state index contributed by atoms with van der Waals surface area (Å²) in [6.45, 7) is 8.14. The summed E-state index contributed by atoms with van der Waals surface area (Å²) in [7, 11) is 0. The number of alkyl halides is 3. The molecule has 1 atom stereocenters. The van der Waals surface area contributed by atoms with E-state index in [4.69, 9.17) is 0 Å². The molecule has 0 radical (unpaired) electrons. The zero-order valence-corrected chi connectivity index (χ0v) is 18.5. The van der Waals surface area contributed by atoms with Crippen molar-refractivity contribution in [2.75, 3.05) is 10.6 Å². The van der Waals surface area contributed by atoms with Crippen LogP contribution in [0.3, 0.4) is 0 Å².